The summed E-state index contributed by atoms with van der Waals surface area (Å²) in [5, 5.41) is 8.37. The molecule has 1 heterocycles. The van der Waals surface area contributed by atoms with Gasteiger partial charge < -0.3 is 17.5 Å². The van der Waals surface area contributed by atoms with Gasteiger partial charge in [0.15, 0.2) is 0 Å². The van der Waals surface area contributed by atoms with Crippen LogP contribution in [0.3, 0.4) is 0 Å². The Balaban J connectivity index is 0.00000144. The van der Waals surface area contributed by atoms with Crippen LogP contribution in [0.25, 0.3) is 0 Å². The summed E-state index contributed by atoms with van der Waals surface area (Å²) in [6.45, 7) is -4.87. The predicted octanol–water partition coefficient (Wildman–Crippen LogP) is -1.25. The molecule has 2 nitrogen and oxygen atoms in total. The summed E-state index contributed by atoms with van der Waals surface area (Å²) in [7, 11) is 0. The molecule has 0 saturated heterocycles. The van der Waals surface area contributed by atoms with Crippen molar-refractivity contribution in [3.05, 3.63) is 24.0 Å². The third kappa shape index (κ3) is 4.33. The minimum atomic E-state index is -4.87. The minimum absolute atomic E-state index is 0. The molecule has 0 saturated carbocycles. The molecule has 0 aliphatic heterocycles. The molecule has 0 aliphatic carbocycles. The van der Waals surface area contributed by atoms with E-state index in [1.165, 1.54) is 18.3 Å². The van der Waals surface area contributed by atoms with E-state index in [0.29, 0.717) is 0 Å². The fourth-order valence-electron chi connectivity index (χ4n) is 0.898. The SMILES string of the molecule is N#Cc1cccn1C[B-](F)(F)F.[K+]. The molecule has 0 radical (unpaired) electrons. The van der Waals surface area contributed by atoms with Crippen LogP contribution in [0.15, 0.2) is 18.3 Å². The summed E-state index contributed by atoms with van der Waals surface area (Å²) >= 11 is 0. The van der Waals surface area contributed by atoms with Gasteiger partial charge in [-0.25, -0.2) is 0 Å². The van der Waals surface area contributed by atoms with Crippen LogP contribution in [0.1, 0.15) is 5.69 Å². The standard InChI is InChI=1S/C6H5BF3N2.K/c8-7(9,10)5-12-3-1-2-6(12)4-11;/h1-3H,5H2;/q-1;+1. The van der Waals surface area contributed by atoms with Crippen molar-refractivity contribution in [1.29, 1.82) is 5.26 Å². The monoisotopic (exact) mass is 212 g/mol. The molecule has 0 spiro atoms. The average Bonchev–Trinajstić information content (AvgIpc) is 2.31. The van der Waals surface area contributed by atoms with Crippen molar-refractivity contribution in [3.63, 3.8) is 0 Å². The molecule has 0 atom stereocenters. The van der Waals surface area contributed by atoms with Gasteiger partial charge in [-0.3, -0.25) is 0 Å². The van der Waals surface area contributed by atoms with Gasteiger partial charge >= 0.3 is 58.4 Å². The molecule has 1 aromatic heterocycles. The third-order valence-electron chi connectivity index (χ3n) is 1.35. The zero-order valence-corrected chi connectivity index (χ0v) is 10.2. The Morgan fingerprint density at radius 2 is 2.08 bits per heavy atom. The fraction of sp³-hybridized carbons (Fsp3) is 0.167. The van der Waals surface area contributed by atoms with E-state index in [0.717, 1.165) is 4.57 Å². The first-order valence-electron chi connectivity index (χ1n) is 3.29. The van der Waals surface area contributed by atoms with Crippen molar-refractivity contribution in [2.75, 3.05) is 0 Å². The zero-order chi connectivity index (χ0) is 9.19. The Hall–Kier alpha value is 0.261. The molecule has 1 aromatic rings. The Morgan fingerprint density at radius 3 is 2.54 bits per heavy atom. The zero-order valence-electron chi connectivity index (χ0n) is 7.04. The molecule has 0 aromatic carbocycles. The van der Waals surface area contributed by atoms with Gasteiger partial charge in [0.25, 0.3) is 0 Å². The summed E-state index contributed by atoms with van der Waals surface area (Å²) in [6.07, 6.45) is 0.198. The Morgan fingerprint density at radius 1 is 1.46 bits per heavy atom. The maximum atomic E-state index is 11.9. The van der Waals surface area contributed by atoms with E-state index in [-0.39, 0.29) is 57.1 Å². The van der Waals surface area contributed by atoms with Gasteiger partial charge in [0, 0.05) is 6.20 Å². The molecule has 1 rings (SSSR count). The minimum Gasteiger partial charge on any atom is -0.448 e. The van der Waals surface area contributed by atoms with Crippen molar-refractivity contribution < 1.29 is 64.3 Å². The van der Waals surface area contributed by atoms with Crippen molar-refractivity contribution in [2.45, 2.75) is 6.44 Å². The number of hydrogen-bond acceptors (Lipinski definition) is 1. The van der Waals surface area contributed by atoms with E-state index in [1.54, 1.807) is 6.07 Å². The van der Waals surface area contributed by atoms with Crippen LogP contribution in [-0.4, -0.2) is 11.5 Å². The van der Waals surface area contributed by atoms with Gasteiger partial charge in [-0.2, -0.15) is 5.26 Å². The molecule has 0 amide bonds. The molecule has 0 aliphatic rings. The summed E-state index contributed by atoms with van der Waals surface area (Å²) in [6, 6.07) is 4.44. The number of hydrogen-bond donors (Lipinski definition) is 0. The molecule has 0 unspecified atom stereocenters. The third-order valence-corrected chi connectivity index (χ3v) is 1.35. The van der Waals surface area contributed by atoms with E-state index in [4.69, 9.17) is 5.26 Å². The van der Waals surface area contributed by atoms with Crippen LogP contribution >= 0.6 is 0 Å². The second kappa shape index (κ2) is 5.22. The normalized spacial score (nSPS) is 10.3. The maximum Gasteiger partial charge on any atom is 1.00 e. The quantitative estimate of drug-likeness (QED) is 0.563. The molecule has 64 valence electrons. The maximum absolute atomic E-state index is 11.9. The van der Waals surface area contributed by atoms with Crippen molar-refractivity contribution in [1.82, 2.24) is 4.57 Å². The molecule has 0 N–H and O–H groups in total. The van der Waals surface area contributed by atoms with Crippen LogP contribution in [-0.2, 0) is 6.44 Å². The summed E-state index contributed by atoms with van der Waals surface area (Å²) in [5.41, 5.74) is 0.0363. The van der Waals surface area contributed by atoms with Crippen molar-refractivity contribution in [2.24, 2.45) is 0 Å². The van der Waals surface area contributed by atoms with Crippen LogP contribution in [0, 0.1) is 11.3 Å². The second-order valence-electron chi connectivity index (χ2n) is 2.37. The van der Waals surface area contributed by atoms with E-state index in [9.17, 15) is 12.9 Å². The van der Waals surface area contributed by atoms with Gasteiger partial charge in [-0.1, -0.05) is 0 Å². The van der Waals surface area contributed by atoms with E-state index in [1.807, 2.05) is 0 Å². The average molecular weight is 212 g/mol. The van der Waals surface area contributed by atoms with Gasteiger partial charge in [0.2, 0.25) is 0 Å². The number of halogens is 3. The fourth-order valence-corrected chi connectivity index (χ4v) is 0.898. The van der Waals surface area contributed by atoms with Crippen LogP contribution in [0.2, 0.25) is 0 Å². The second-order valence-corrected chi connectivity index (χ2v) is 2.37. The summed E-state index contributed by atoms with van der Waals surface area (Å²) in [5.74, 6) is 0. The van der Waals surface area contributed by atoms with Crippen molar-refractivity contribution >= 4 is 6.98 Å². The first kappa shape index (κ1) is 13.3. The largest absolute Gasteiger partial charge is 1.00 e. The topological polar surface area (TPSA) is 28.7 Å². The van der Waals surface area contributed by atoms with E-state index < -0.39 is 13.4 Å². The van der Waals surface area contributed by atoms with Gasteiger partial charge in [0.05, 0.1) is 0 Å². The van der Waals surface area contributed by atoms with E-state index >= 15 is 0 Å². The first-order chi connectivity index (χ1) is 5.53. The summed E-state index contributed by atoms with van der Waals surface area (Å²) in [4.78, 5) is 0. The summed E-state index contributed by atoms with van der Waals surface area (Å²) < 4.78 is 36.5. The number of rotatable bonds is 2. The predicted molar refractivity (Wildman–Crippen MR) is 38.2 cm³/mol. The van der Waals surface area contributed by atoms with Crippen molar-refractivity contribution in [3.8, 4) is 6.07 Å². The number of nitriles is 1. The van der Waals surface area contributed by atoms with Gasteiger partial charge in [-0.05, 0) is 18.6 Å². The van der Waals surface area contributed by atoms with Gasteiger partial charge in [0.1, 0.15) is 11.8 Å². The first-order valence-corrected chi connectivity index (χ1v) is 3.29. The molecule has 13 heavy (non-hydrogen) atoms. The molecule has 7 heteroatoms. The van der Waals surface area contributed by atoms with E-state index in [2.05, 4.69) is 0 Å². The molecule has 0 fully saturated rings. The smallest absolute Gasteiger partial charge is 0.448 e. The van der Waals surface area contributed by atoms with Crippen LogP contribution < -0.4 is 51.4 Å². The Kier molecular flexibility index (Phi) is 5.32. The number of nitrogens with zero attached hydrogens (tertiary/aromatic N) is 2. The molecular weight excluding hydrogens is 207 g/mol. The van der Waals surface area contributed by atoms with Crippen LogP contribution in [0.4, 0.5) is 12.9 Å². The van der Waals surface area contributed by atoms with Crippen LogP contribution in [0.5, 0.6) is 0 Å². The number of aromatic nitrogens is 1. The Bertz CT molecular complexity index is 314. The Labute approximate surface area is 116 Å². The molecule has 0 bridgehead atoms. The van der Waals surface area contributed by atoms with Gasteiger partial charge in [-0.15, -0.1) is 0 Å². The molecular formula is C6H5BF3KN2.